The lowest BCUT2D eigenvalue weighted by molar-refractivity contribution is -0.119. The van der Waals surface area contributed by atoms with E-state index in [2.05, 4.69) is 5.32 Å². The van der Waals surface area contributed by atoms with Crippen LogP contribution in [0.15, 0.2) is 53.4 Å². The predicted molar refractivity (Wildman–Crippen MR) is 117 cm³/mol. The molecule has 0 fully saturated rings. The van der Waals surface area contributed by atoms with Gasteiger partial charge in [-0.3, -0.25) is 9.10 Å². The molecule has 0 aliphatic carbocycles. The zero-order valence-corrected chi connectivity index (χ0v) is 18.8. The fraction of sp³-hybridized carbons (Fsp3) is 0.409. The highest BCUT2D eigenvalue weighted by Gasteiger charge is 2.27. The second kappa shape index (κ2) is 11.7. The molecule has 0 saturated heterocycles. The summed E-state index contributed by atoms with van der Waals surface area (Å²) in [5.74, 6) is -0.419. The summed E-state index contributed by atoms with van der Waals surface area (Å²) in [6, 6.07) is 10.9. The maximum Gasteiger partial charge on any atom is 0.264 e. The molecule has 2 aromatic carbocycles. The molecule has 0 aromatic heterocycles. The van der Waals surface area contributed by atoms with Crippen LogP contribution in [0.4, 0.5) is 10.1 Å². The highest BCUT2D eigenvalue weighted by atomic mass is 32.2. The molecule has 0 unspecified atom stereocenters. The van der Waals surface area contributed by atoms with Crippen molar-refractivity contribution < 1.29 is 27.1 Å². The molecule has 7 nitrogen and oxygen atoms in total. The number of benzene rings is 2. The summed E-state index contributed by atoms with van der Waals surface area (Å²) >= 11 is 0. The number of amides is 1. The second-order valence-corrected chi connectivity index (χ2v) is 8.88. The van der Waals surface area contributed by atoms with Crippen LogP contribution in [-0.4, -0.2) is 46.7 Å². The maximum absolute atomic E-state index is 13.3. The van der Waals surface area contributed by atoms with E-state index in [1.54, 1.807) is 24.3 Å². The quantitative estimate of drug-likeness (QED) is 0.499. The summed E-state index contributed by atoms with van der Waals surface area (Å²) in [4.78, 5) is 12.4. The molecule has 9 heteroatoms. The molecule has 0 aliphatic heterocycles. The van der Waals surface area contributed by atoms with Crippen LogP contribution in [0.5, 0.6) is 5.75 Å². The first kappa shape index (κ1) is 24.6. The molecule has 0 aliphatic rings. The molecular weight excluding hydrogens is 423 g/mol. The van der Waals surface area contributed by atoms with Crippen molar-refractivity contribution in [2.24, 2.45) is 0 Å². The molecule has 1 amide bonds. The molecule has 0 spiro atoms. The zero-order valence-electron chi connectivity index (χ0n) is 18.0. The third-order valence-corrected chi connectivity index (χ3v) is 6.01. The van der Waals surface area contributed by atoms with Gasteiger partial charge in [0.25, 0.3) is 10.0 Å². The van der Waals surface area contributed by atoms with E-state index in [0.717, 1.165) is 16.4 Å². The van der Waals surface area contributed by atoms with Crippen molar-refractivity contribution in [2.45, 2.75) is 38.2 Å². The molecule has 0 atom stereocenters. The molecule has 2 rings (SSSR count). The van der Waals surface area contributed by atoms with Crippen LogP contribution in [0.1, 0.15) is 27.2 Å². The van der Waals surface area contributed by atoms with E-state index < -0.39 is 28.3 Å². The van der Waals surface area contributed by atoms with E-state index in [-0.39, 0.29) is 11.0 Å². The van der Waals surface area contributed by atoms with E-state index in [0.29, 0.717) is 37.6 Å². The third-order valence-electron chi connectivity index (χ3n) is 4.22. The number of hydrogen-bond donors (Lipinski definition) is 1. The topological polar surface area (TPSA) is 84.9 Å². The molecule has 0 heterocycles. The van der Waals surface area contributed by atoms with E-state index in [1.807, 2.05) is 20.8 Å². The van der Waals surface area contributed by atoms with E-state index in [4.69, 9.17) is 9.47 Å². The number of hydrogen-bond acceptors (Lipinski definition) is 5. The van der Waals surface area contributed by atoms with Gasteiger partial charge in [-0.2, -0.15) is 0 Å². The minimum Gasteiger partial charge on any atom is -0.494 e. The monoisotopic (exact) mass is 452 g/mol. The van der Waals surface area contributed by atoms with Crippen LogP contribution in [0.3, 0.4) is 0 Å². The van der Waals surface area contributed by atoms with Crippen molar-refractivity contribution in [1.82, 2.24) is 5.32 Å². The molecule has 0 radical (unpaired) electrons. The van der Waals surface area contributed by atoms with Crippen LogP contribution in [0.25, 0.3) is 0 Å². The molecule has 2 aromatic rings. The van der Waals surface area contributed by atoms with Crippen molar-refractivity contribution in [3.8, 4) is 5.75 Å². The van der Waals surface area contributed by atoms with Gasteiger partial charge >= 0.3 is 0 Å². The summed E-state index contributed by atoms with van der Waals surface area (Å²) < 4.78 is 51.5. The highest BCUT2D eigenvalue weighted by Crippen LogP contribution is 2.26. The van der Waals surface area contributed by atoms with Crippen molar-refractivity contribution in [1.29, 1.82) is 0 Å². The van der Waals surface area contributed by atoms with Gasteiger partial charge in [0.05, 0.1) is 23.3 Å². The Morgan fingerprint density at radius 1 is 1.10 bits per heavy atom. The van der Waals surface area contributed by atoms with Gasteiger partial charge in [-0.15, -0.1) is 0 Å². The number of halogens is 1. The van der Waals surface area contributed by atoms with Crippen molar-refractivity contribution in [3.63, 3.8) is 0 Å². The van der Waals surface area contributed by atoms with Crippen LogP contribution in [0, 0.1) is 5.82 Å². The smallest absolute Gasteiger partial charge is 0.264 e. The third kappa shape index (κ3) is 7.52. The van der Waals surface area contributed by atoms with Gasteiger partial charge in [0.2, 0.25) is 5.91 Å². The van der Waals surface area contributed by atoms with Crippen molar-refractivity contribution in [3.05, 3.63) is 54.3 Å². The zero-order chi connectivity index (χ0) is 22.9. The summed E-state index contributed by atoms with van der Waals surface area (Å²) in [6.45, 7) is 6.60. The first-order valence-electron chi connectivity index (χ1n) is 10.1. The first-order valence-corrected chi connectivity index (χ1v) is 11.6. The fourth-order valence-corrected chi connectivity index (χ4v) is 4.15. The first-order chi connectivity index (χ1) is 14.7. The Labute approximate surface area is 183 Å². The molecule has 170 valence electrons. The van der Waals surface area contributed by atoms with Gasteiger partial charge < -0.3 is 14.8 Å². The van der Waals surface area contributed by atoms with Gasteiger partial charge in [-0.05, 0) is 75.7 Å². The average molecular weight is 453 g/mol. The van der Waals surface area contributed by atoms with Crippen molar-refractivity contribution >= 4 is 21.6 Å². The van der Waals surface area contributed by atoms with Crippen LogP contribution < -0.4 is 14.4 Å². The Balaban J connectivity index is 2.19. The second-order valence-electron chi connectivity index (χ2n) is 7.02. The number of ether oxygens (including phenoxy) is 2. The van der Waals surface area contributed by atoms with E-state index in [9.17, 15) is 17.6 Å². The minimum absolute atomic E-state index is 0.103. The van der Waals surface area contributed by atoms with Crippen LogP contribution in [-0.2, 0) is 19.6 Å². The Bertz CT molecular complexity index is 931. The van der Waals surface area contributed by atoms with Gasteiger partial charge in [0.15, 0.2) is 0 Å². The summed E-state index contributed by atoms with van der Waals surface area (Å²) in [5.41, 5.74) is 0.297. The number of rotatable bonds is 12. The van der Waals surface area contributed by atoms with E-state index >= 15 is 0 Å². The number of carbonyl (C=O) groups excluding carboxylic acids is 1. The van der Waals surface area contributed by atoms with Crippen LogP contribution in [0.2, 0.25) is 0 Å². The SMILES string of the molecule is CCOc1ccc(N(CC(=O)NCCCOC(C)C)S(=O)(=O)c2ccc(F)cc2)cc1. The number of sulfonamides is 1. The standard InChI is InChI=1S/C22H29FN2O5S/c1-4-29-20-10-8-19(9-11-20)25(16-22(26)24-14-5-15-30-17(2)3)31(27,28)21-12-6-18(23)7-13-21/h6-13,17H,4-5,14-16H2,1-3H3,(H,24,26). The lowest BCUT2D eigenvalue weighted by Gasteiger charge is -2.24. The minimum atomic E-state index is -4.10. The predicted octanol–water partition coefficient (Wildman–Crippen LogP) is 3.35. The molecule has 0 bridgehead atoms. The number of carbonyl (C=O) groups is 1. The lowest BCUT2D eigenvalue weighted by Crippen LogP contribution is -2.41. The summed E-state index contributed by atoms with van der Waals surface area (Å²) in [7, 11) is -4.10. The Morgan fingerprint density at radius 3 is 2.32 bits per heavy atom. The molecule has 0 saturated carbocycles. The van der Waals surface area contributed by atoms with Gasteiger partial charge in [-0.1, -0.05) is 0 Å². The molecular formula is C22H29FN2O5S. The fourth-order valence-electron chi connectivity index (χ4n) is 2.73. The van der Waals surface area contributed by atoms with Crippen LogP contribution >= 0.6 is 0 Å². The largest absolute Gasteiger partial charge is 0.494 e. The molecule has 31 heavy (non-hydrogen) atoms. The Hall–Kier alpha value is -2.65. The highest BCUT2D eigenvalue weighted by molar-refractivity contribution is 7.92. The van der Waals surface area contributed by atoms with Gasteiger partial charge in [-0.25, -0.2) is 12.8 Å². The number of nitrogens with zero attached hydrogens (tertiary/aromatic N) is 1. The van der Waals surface area contributed by atoms with Crippen molar-refractivity contribution in [2.75, 3.05) is 30.6 Å². The molecule has 1 N–H and O–H groups in total. The number of nitrogens with one attached hydrogen (secondary N) is 1. The summed E-state index contributed by atoms with van der Waals surface area (Å²) in [5, 5.41) is 2.71. The van der Waals surface area contributed by atoms with Gasteiger partial charge in [0, 0.05) is 13.2 Å². The Kier molecular flexibility index (Phi) is 9.26. The Morgan fingerprint density at radius 2 is 1.74 bits per heavy atom. The number of anilines is 1. The lowest BCUT2D eigenvalue weighted by atomic mass is 10.3. The van der Waals surface area contributed by atoms with E-state index in [1.165, 1.54) is 12.1 Å². The average Bonchev–Trinajstić information content (AvgIpc) is 2.73. The van der Waals surface area contributed by atoms with Gasteiger partial charge in [0.1, 0.15) is 18.1 Å². The normalized spacial score (nSPS) is 11.4. The maximum atomic E-state index is 13.3. The summed E-state index contributed by atoms with van der Waals surface area (Å²) in [6.07, 6.45) is 0.712.